The molecule has 1 amide bonds. The molecule has 1 aliphatic rings. The Kier molecular flexibility index (Phi) is 5.86. The van der Waals surface area contributed by atoms with Crippen molar-refractivity contribution in [3.63, 3.8) is 0 Å². The highest BCUT2D eigenvalue weighted by molar-refractivity contribution is 5.76. The van der Waals surface area contributed by atoms with E-state index >= 15 is 0 Å². The summed E-state index contributed by atoms with van der Waals surface area (Å²) >= 11 is 0. The van der Waals surface area contributed by atoms with E-state index in [1.807, 2.05) is 6.92 Å². The Labute approximate surface area is 182 Å². The van der Waals surface area contributed by atoms with Gasteiger partial charge in [-0.05, 0) is 25.1 Å². The fraction of sp³-hybridized carbons (Fsp3) is 0.409. The topological polar surface area (TPSA) is 95.7 Å². The first-order valence-electron chi connectivity index (χ1n) is 10.1. The molecule has 0 radical (unpaired) electrons. The standard InChI is InChI=1S/C22H23F2N3O5/c1-12(26-13(2)28)10-31-20-7-18-16(9-25-20)27-21(32-18)14-4-5-17(19(6-14)29-3)30-11-15-8-22(15,23)24/h4-7,9,12,15H,8,10-11H2,1-3H3,(H,26,28)/t12-,15+/m0/s1. The van der Waals surface area contributed by atoms with Crippen LogP contribution in [-0.2, 0) is 4.79 Å². The van der Waals surface area contributed by atoms with Gasteiger partial charge in [0.15, 0.2) is 17.1 Å². The normalized spacial score (nSPS) is 17.6. The molecule has 0 aliphatic heterocycles. The summed E-state index contributed by atoms with van der Waals surface area (Å²) < 4.78 is 48.5. The molecule has 0 bridgehead atoms. The van der Waals surface area contributed by atoms with Gasteiger partial charge in [-0.2, -0.15) is 0 Å². The third-order valence-corrected chi connectivity index (χ3v) is 4.99. The van der Waals surface area contributed by atoms with Crippen LogP contribution >= 0.6 is 0 Å². The molecule has 0 saturated heterocycles. The molecule has 1 N–H and O–H groups in total. The van der Waals surface area contributed by atoms with Gasteiger partial charge in [0.1, 0.15) is 12.1 Å². The second-order valence-corrected chi connectivity index (χ2v) is 7.76. The van der Waals surface area contributed by atoms with E-state index in [1.165, 1.54) is 20.2 Å². The average molecular weight is 447 g/mol. The number of carbonyl (C=O) groups excluding carboxylic acids is 1. The molecule has 2 atom stereocenters. The molecule has 10 heteroatoms. The first-order chi connectivity index (χ1) is 15.2. The van der Waals surface area contributed by atoms with Crippen LogP contribution in [0.5, 0.6) is 17.4 Å². The largest absolute Gasteiger partial charge is 0.493 e. The lowest BCUT2D eigenvalue weighted by molar-refractivity contribution is -0.119. The molecule has 0 unspecified atom stereocenters. The molecule has 1 saturated carbocycles. The maximum atomic E-state index is 13.1. The fourth-order valence-corrected chi connectivity index (χ4v) is 3.18. The first kappa shape index (κ1) is 21.8. The summed E-state index contributed by atoms with van der Waals surface area (Å²) in [5.41, 5.74) is 1.65. The number of pyridine rings is 1. The van der Waals surface area contributed by atoms with Gasteiger partial charge in [-0.1, -0.05) is 0 Å². The summed E-state index contributed by atoms with van der Waals surface area (Å²) in [6.07, 6.45) is 1.38. The van der Waals surface area contributed by atoms with Crippen LogP contribution in [0.3, 0.4) is 0 Å². The van der Waals surface area contributed by atoms with Crippen molar-refractivity contribution in [3.05, 3.63) is 30.5 Å². The number of hydrogen-bond acceptors (Lipinski definition) is 7. The van der Waals surface area contributed by atoms with Crippen LogP contribution in [0, 0.1) is 5.92 Å². The lowest BCUT2D eigenvalue weighted by Gasteiger charge is -2.12. The molecule has 2 heterocycles. The number of methoxy groups -OCH3 is 1. The number of aromatic nitrogens is 2. The zero-order valence-electron chi connectivity index (χ0n) is 17.9. The zero-order chi connectivity index (χ0) is 22.9. The van der Waals surface area contributed by atoms with Gasteiger partial charge in [0, 0.05) is 25.0 Å². The van der Waals surface area contributed by atoms with Gasteiger partial charge in [-0.15, -0.1) is 0 Å². The van der Waals surface area contributed by atoms with Crippen molar-refractivity contribution in [2.24, 2.45) is 5.92 Å². The summed E-state index contributed by atoms with van der Waals surface area (Å²) in [7, 11) is 1.47. The van der Waals surface area contributed by atoms with Gasteiger partial charge >= 0.3 is 0 Å². The van der Waals surface area contributed by atoms with Crippen molar-refractivity contribution in [1.29, 1.82) is 0 Å². The lowest BCUT2D eigenvalue weighted by atomic mass is 10.2. The van der Waals surface area contributed by atoms with E-state index in [9.17, 15) is 13.6 Å². The quantitative estimate of drug-likeness (QED) is 0.533. The number of hydrogen-bond donors (Lipinski definition) is 1. The van der Waals surface area contributed by atoms with Crippen LogP contribution in [0.15, 0.2) is 34.9 Å². The van der Waals surface area contributed by atoms with E-state index in [4.69, 9.17) is 18.6 Å². The van der Waals surface area contributed by atoms with E-state index < -0.39 is 11.8 Å². The number of benzene rings is 1. The van der Waals surface area contributed by atoms with E-state index in [2.05, 4.69) is 15.3 Å². The summed E-state index contributed by atoms with van der Waals surface area (Å²) in [6, 6.07) is 6.48. The minimum absolute atomic E-state index is 0.0689. The number of carbonyl (C=O) groups is 1. The molecule has 1 fully saturated rings. The molecule has 170 valence electrons. The van der Waals surface area contributed by atoms with E-state index in [-0.39, 0.29) is 31.6 Å². The van der Waals surface area contributed by atoms with Crippen molar-refractivity contribution in [1.82, 2.24) is 15.3 Å². The van der Waals surface area contributed by atoms with Crippen molar-refractivity contribution in [3.8, 4) is 28.8 Å². The van der Waals surface area contributed by atoms with Gasteiger partial charge in [0.2, 0.25) is 17.7 Å². The SMILES string of the molecule is COc1cc(-c2nc3cnc(OC[C@H](C)NC(C)=O)cc3o2)ccc1OC[C@H]1CC1(F)F. The fourth-order valence-electron chi connectivity index (χ4n) is 3.18. The average Bonchev–Trinajstić information content (AvgIpc) is 3.16. The Hall–Kier alpha value is -3.43. The Bertz CT molecular complexity index is 1130. The Morgan fingerprint density at radius 1 is 1.31 bits per heavy atom. The zero-order valence-corrected chi connectivity index (χ0v) is 17.9. The van der Waals surface area contributed by atoms with Gasteiger partial charge in [-0.3, -0.25) is 4.79 Å². The number of oxazole rings is 1. The van der Waals surface area contributed by atoms with Crippen LogP contribution < -0.4 is 19.5 Å². The Morgan fingerprint density at radius 2 is 2.09 bits per heavy atom. The molecule has 32 heavy (non-hydrogen) atoms. The minimum atomic E-state index is -2.63. The first-order valence-corrected chi connectivity index (χ1v) is 10.1. The molecule has 8 nitrogen and oxygen atoms in total. The third kappa shape index (κ3) is 4.90. The molecule has 2 aromatic heterocycles. The highest BCUT2D eigenvalue weighted by Crippen LogP contribution is 2.49. The smallest absolute Gasteiger partial charge is 0.255 e. The van der Waals surface area contributed by atoms with Crippen LogP contribution in [0.2, 0.25) is 0 Å². The highest BCUT2D eigenvalue weighted by atomic mass is 19.3. The predicted octanol–water partition coefficient (Wildman–Crippen LogP) is 3.84. The van der Waals surface area contributed by atoms with Crippen molar-refractivity contribution in [2.45, 2.75) is 32.2 Å². The molecule has 4 rings (SSSR count). The van der Waals surface area contributed by atoms with Crippen molar-refractivity contribution >= 4 is 17.0 Å². The molecule has 0 spiro atoms. The maximum absolute atomic E-state index is 13.1. The van der Waals surface area contributed by atoms with E-state index in [0.29, 0.717) is 39.9 Å². The van der Waals surface area contributed by atoms with Crippen LogP contribution in [-0.4, -0.2) is 48.2 Å². The summed E-state index contributed by atoms with van der Waals surface area (Å²) in [6.45, 7) is 3.45. The Balaban J connectivity index is 1.47. The van der Waals surface area contributed by atoms with E-state index in [1.54, 1.807) is 24.3 Å². The number of rotatable bonds is 9. The number of amides is 1. The Morgan fingerprint density at radius 3 is 2.78 bits per heavy atom. The third-order valence-electron chi connectivity index (χ3n) is 4.99. The van der Waals surface area contributed by atoms with Crippen LogP contribution in [0.4, 0.5) is 8.78 Å². The monoisotopic (exact) mass is 447 g/mol. The molecular weight excluding hydrogens is 424 g/mol. The summed E-state index contributed by atoms with van der Waals surface area (Å²) in [5.74, 6) is -2.08. The van der Waals surface area contributed by atoms with Gasteiger partial charge in [0.05, 0.1) is 31.9 Å². The molecule has 3 aromatic rings. The van der Waals surface area contributed by atoms with Crippen LogP contribution in [0.25, 0.3) is 22.6 Å². The number of halogens is 2. The number of alkyl halides is 2. The van der Waals surface area contributed by atoms with E-state index in [0.717, 1.165) is 0 Å². The second kappa shape index (κ2) is 8.60. The van der Waals surface area contributed by atoms with Gasteiger partial charge in [0.25, 0.3) is 5.92 Å². The second-order valence-electron chi connectivity index (χ2n) is 7.76. The predicted molar refractivity (Wildman–Crippen MR) is 111 cm³/mol. The number of ether oxygens (including phenoxy) is 3. The van der Waals surface area contributed by atoms with Crippen molar-refractivity contribution in [2.75, 3.05) is 20.3 Å². The van der Waals surface area contributed by atoms with Gasteiger partial charge in [-0.25, -0.2) is 18.7 Å². The van der Waals surface area contributed by atoms with Crippen LogP contribution in [0.1, 0.15) is 20.3 Å². The number of nitrogens with one attached hydrogen (secondary N) is 1. The number of nitrogens with zero attached hydrogens (tertiary/aromatic N) is 2. The molecular formula is C22H23F2N3O5. The lowest BCUT2D eigenvalue weighted by Crippen LogP contribution is -2.35. The molecule has 1 aromatic carbocycles. The molecule has 1 aliphatic carbocycles. The summed E-state index contributed by atoms with van der Waals surface area (Å²) in [4.78, 5) is 19.7. The summed E-state index contributed by atoms with van der Waals surface area (Å²) in [5, 5.41) is 2.73. The minimum Gasteiger partial charge on any atom is -0.493 e. The number of fused-ring (bicyclic) bond motifs is 1. The van der Waals surface area contributed by atoms with Gasteiger partial charge < -0.3 is 23.9 Å². The highest BCUT2D eigenvalue weighted by Gasteiger charge is 2.57. The maximum Gasteiger partial charge on any atom is 0.255 e. The van der Waals surface area contributed by atoms with Crippen molar-refractivity contribution < 1.29 is 32.2 Å².